The van der Waals surface area contributed by atoms with Gasteiger partial charge in [0.25, 0.3) is 0 Å². The number of hydrogen-bond donors (Lipinski definition) is 1. The molecule has 17 heavy (non-hydrogen) atoms. The van der Waals surface area contributed by atoms with Crippen LogP contribution in [0.15, 0.2) is 29.6 Å². The topological polar surface area (TPSA) is 43.1 Å². The van der Waals surface area contributed by atoms with Crippen molar-refractivity contribution >= 4 is 27.2 Å². The fraction of sp³-hybridized carbons (Fsp3) is 0.357. The number of carbonyl (C=O) groups is 1. The van der Waals surface area contributed by atoms with E-state index in [1.807, 2.05) is 19.1 Å². The Hall–Kier alpha value is -1.19. The summed E-state index contributed by atoms with van der Waals surface area (Å²) in [5.41, 5.74) is 6.96. The van der Waals surface area contributed by atoms with Crippen molar-refractivity contribution in [3.63, 3.8) is 0 Å². The minimum absolute atomic E-state index is 0.149. The third-order valence-corrected chi connectivity index (χ3v) is 3.95. The molecule has 0 amide bonds. The summed E-state index contributed by atoms with van der Waals surface area (Å²) >= 11 is 1.69. The fourth-order valence-corrected chi connectivity index (χ4v) is 2.92. The van der Waals surface area contributed by atoms with Gasteiger partial charge < -0.3 is 5.73 Å². The zero-order valence-electron chi connectivity index (χ0n) is 9.98. The van der Waals surface area contributed by atoms with Gasteiger partial charge in [0, 0.05) is 11.1 Å². The second kappa shape index (κ2) is 5.43. The lowest BCUT2D eigenvalue weighted by Crippen LogP contribution is -2.31. The van der Waals surface area contributed by atoms with E-state index >= 15 is 0 Å². The molecule has 1 aromatic carbocycles. The number of fused-ring (bicyclic) bond motifs is 1. The van der Waals surface area contributed by atoms with Crippen molar-refractivity contribution in [3.8, 4) is 0 Å². The highest BCUT2D eigenvalue weighted by Gasteiger charge is 2.14. The standard InChI is InChI=1S/C14H17NOS/c1-2-5-12(15)13(16)8-10-9-17-14-7-4-3-6-11(10)14/h3-4,6-7,9,12H,2,5,8,15H2,1H3. The first-order valence-electron chi connectivity index (χ1n) is 5.95. The van der Waals surface area contributed by atoms with Gasteiger partial charge in [0.1, 0.15) is 0 Å². The Morgan fingerprint density at radius 3 is 2.94 bits per heavy atom. The molecular weight excluding hydrogens is 230 g/mol. The number of hydrogen-bond acceptors (Lipinski definition) is 3. The molecule has 0 saturated heterocycles. The summed E-state index contributed by atoms with van der Waals surface area (Å²) in [5.74, 6) is 0.149. The average molecular weight is 247 g/mol. The van der Waals surface area contributed by atoms with E-state index in [-0.39, 0.29) is 11.8 Å². The molecule has 2 nitrogen and oxygen atoms in total. The van der Waals surface area contributed by atoms with Crippen molar-refractivity contribution in [2.24, 2.45) is 5.73 Å². The van der Waals surface area contributed by atoms with E-state index in [9.17, 15) is 4.79 Å². The molecule has 0 bridgehead atoms. The highest BCUT2D eigenvalue weighted by atomic mass is 32.1. The van der Waals surface area contributed by atoms with Crippen molar-refractivity contribution in [1.82, 2.24) is 0 Å². The number of benzene rings is 1. The molecule has 90 valence electrons. The van der Waals surface area contributed by atoms with E-state index in [0.717, 1.165) is 18.4 Å². The minimum atomic E-state index is -0.307. The SMILES string of the molecule is CCCC(N)C(=O)Cc1csc2ccccc12. The molecule has 1 unspecified atom stereocenters. The third kappa shape index (κ3) is 2.73. The fourth-order valence-electron chi connectivity index (χ4n) is 1.96. The molecular formula is C14H17NOS. The highest BCUT2D eigenvalue weighted by Crippen LogP contribution is 2.26. The number of Topliss-reactive ketones (excluding diaryl/α,β-unsaturated/α-hetero) is 1. The summed E-state index contributed by atoms with van der Waals surface area (Å²) < 4.78 is 1.24. The zero-order valence-corrected chi connectivity index (χ0v) is 10.8. The molecule has 1 heterocycles. The lowest BCUT2D eigenvalue weighted by atomic mass is 10.0. The summed E-state index contributed by atoms with van der Waals surface area (Å²) in [4.78, 5) is 11.9. The summed E-state index contributed by atoms with van der Waals surface area (Å²) in [7, 11) is 0. The largest absolute Gasteiger partial charge is 0.321 e. The van der Waals surface area contributed by atoms with E-state index in [1.165, 1.54) is 10.1 Å². The predicted molar refractivity (Wildman–Crippen MR) is 73.4 cm³/mol. The molecule has 2 aromatic rings. The molecule has 0 aliphatic carbocycles. The normalized spacial score (nSPS) is 12.8. The first-order valence-corrected chi connectivity index (χ1v) is 6.83. The van der Waals surface area contributed by atoms with Gasteiger partial charge in [-0.15, -0.1) is 11.3 Å². The second-order valence-electron chi connectivity index (χ2n) is 4.30. The van der Waals surface area contributed by atoms with Crippen LogP contribution in [0.25, 0.3) is 10.1 Å². The Morgan fingerprint density at radius 2 is 2.18 bits per heavy atom. The zero-order chi connectivity index (χ0) is 12.3. The lowest BCUT2D eigenvalue weighted by molar-refractivity contribution is -0.119. The van der Waals surface area contributed by atoms with Crippen LogP contribution in [0, 0.1) is 0 Å². The molecule has 1 atom stereocenters. The van der Waals surface area contributed by atoms with Gasteiger partial charge in [-0.1, -0.05) is 31.5 Å². The molecule has 0 aliphatic rings. The van der Waals surface area contributed by atoms with Crippen LogP contribution in [-0.2, 0) is 11.2 Å². The van der Waals surface area contributed by atoms with Crippen molar-refractivity contribution in [2.75, 3.05) is 0 Å². The Balaban J connectivity index is 2.16. The van der Waals surface area contributed by atoms with Gasteiger partial charge in [0.2, 0.25) is 0 Å². The van der Waals surface area contributed by atoms with Crippen molar-refractivity contribution in [3.05, 3.63) is 35.2 Å². The first-order chi connectivity index (χ1) is 8.22. The van der Waals surface area contributed by atoms with Crippen LogP contribution in [0.2, 0.25) is 0 Å². The van der Waals surface area contributed by atoms with Crippen LogP contribution in [0.4, 0.5) is 0 Å². The molecule has 0 radical (unpaired) electrons. The van der Waals surface area contributed by atoms with Gasteiger partial charge in [0.05, 0.1) is 6.04 Å². The van der Waals surface area contributed by atoms with E-state index in [4.69, 9.17) is 5.73 Å². The van der Waals surface area contributed by atoms with Crippen LogP contribution >= 0.6 is 11.3 Å². The van der Waals surface area contributed by atoms with Crippen molar-refractivity contribution in [1.29, 1.82) is 0 Å². The van der Waals surface area contributed by atoms with Crippen LogP contribution in [0.3, 0.4) is 0 Å². The van der Waals surface area contributed by atoms with Crippen LogP contribution in [-0.4, -0.2) is 11.8 Å². The van der Waals surface area contributed by atoms with Gasteiger partial charge in [-0.3, -0.25) is 4.79 Å². The van der Waals surface area contributed by atoms with E-state index < -0.39 is 0 Å². The van der Waals surface area contributed by atoms with E-state index in [1.54, 1.807) is 11.3 Å². The number of carbonyl (C=O) groups excluding carboxylic acids is 1. The summed E-state index contributed by atoms with van der Waals surface area (Å²) in [6, 6.07) is 7.88. The number of thiophene rings is 1. The van der Waals surface area contributed by atoms with Gasteiger partial charge in [-0.05, 0) is 28.8 Å². The van der Waals surface area contributed by atoms with Crippen LogP contribution in [0.1, 0.15) is 25.3 Å². The maximum absolute atomic E-state index is 11.9. The Bertz CT molecular complexity index is 518. The van der Waals surface area contributed by atoms with Crippen molar-refractivity contribution < 1.29 is 4.79 Å². The van der Waals surface area contributed by atoms with E-state index in [0.29, 0.717) is 6.42 Å². The van der Waals surface area contributed by atoms with Gasteiger partial charge in [0.15, 0.2) is 5.78 Å². The highest BCUT2D eigenvalue weighted by molar-refractivity contribution is 7.17. The maximum Gasteiger partial charge on any atom is 0.153 e. The van der Waals surface area contributed by atoms with Crippen molar-refractivity contribution in [2.45, 2.75) is 32.2 Å². The second-order valence-corrected chi connectivity index (χ2v) is 5.21. The smallest absolute Gasteiger partial charge is 0.153 e. The number of rotatable bonds is 5. The molecule has 2 N–H and O–H groups in total. The quantitative estimate of drug-likeness (QED) is 0.882. The molecule has 2 rings (SSSR count). The van der Waals surface area contributed by atoms with E-state index in [2.05, 4.69) is 17.5 Å². The van der Waals surface area contributed by atoms with Gasteiger partial charge in [-0.25, -0.2) is 0 Å². The maximum atomic E-state index is 11.9. The number of nitrogens with two attached hydrogens (primary N) is 1. The van der Waals surface area contributed by atoms with Gasteiger partial charge >= 0.3 is 0 Å². The monoisotopic (exact) mass is 247 g/mol. The summed E-state index contributed by atoms with van der Waals surface area (Å²) in [6.45, 7) is 2.05. The predicted octanol–water partition coefficient (Wildman–Crippen LogP) is 3.14. The summed E-state index contributed by atoms with van der Waals surface area (Å²) in [5, 5.41) is 3.26. The Morgan fingerprint density at radius 1 is 1.41 bits per heavy atom. The average Bonchev–Trinajstić information content (AvgIpc) is 2.73. The molecule has 0 aliphatic heterocycles. The minimum Gasteiger partial charge on any atom is -0.321 e. The Kier molecular flexibility index (Phi) is 3.92. The number of ketones is 1. The Labute approximate surface area is 105 Å². The molecule has 1 aromatic heterocycles. The van der Waals surface area contributed by atoms with Crippen LogP contribution < -0.4 is 5.73 Å². The summed E-state index contributed by atoms with van der Waals surface area (Å²) in [6.07, 6.45) is 2.20. The third-order valence-electron chi connectivity index (χ3n) is 2.94. The molecule has 0 saturated carbocycles. The molecule has 0 spiro atoms. The first kappa shape index (κ1) is 12.3. The lowest BCUT2D eigenvalue weighted by Gasteiger charge is -2.08. The molecule has 0 fully saturated rings. The van der Waals surface area contributed by atoms with Crippen LogP contribution in [0.5, 0.6) is 0 Å². The molecule has 3 heteroatoms. The van der Waals surface area contributed by atoms with Gasteiger partial charge in [-0.2, -0.15) is 0 Å².